The fourth-order valence-electron chi connectivity index (χ4n) is 2.10. The van der Waals surface area contributed by atoms with Gasteiger partial charge in [0, 0.05) is 0 Å². The number of aliphatic hydroxyl groups is 1. The van der Waals surface area contributed by atoms with Crippen molar-refractivity contribution in [1.82, 2.24) is 0 Å². The Bertz CT molecular complexity index is 369. The van der Waals surface area contributed by atoms with Crippen molar-refractivity contribution >= 4 is 0 Å². The molecule has 2 nitrogen and oxygen atoms in total. The van der Waals surface area contributed by atoms with Gasteiger partial charge in [-0.2, -0.15) is 0 Å². The fourth-order valence-corrected chi connectivity index (χ4v) is 2.10. The zero-order chi connectivity index (χ0) is 13.4. The topological polar surface area (TPSA) is 40.5 Å². The molecule has 0 aliphatic heterocycles. The predicted molar refractivity (Wildman–Crippen MR) is 75.8 cm³/mol. The van der Waals surface area contributed by atoms with Crippen LogP contribution in [-0.2, 0) is 0 Å². The molecule has 0 bridgehead atoms. The summed E-state index contributed by atoms with van der Waals surface area (Å²) in [4.78, 5) is 0. The Morgan fingerprint density at radius 2 is 1.83 bits per heavy atom. The van der Waals surface area contributed by atoms with Gasteiger partial charge in [0.05, 0.1) is 6.61 Å². The number of hydrogen-bond acceptors (Lipinski definition) is 2. The normalized spacial score (nSPS) is 13.3. The minimum atomic E-state index is 0.0810. The van der Waals surface area contributed by atoms with Crippen molar-refractivity contribution in [2.75, 3.05) is 6.61 Å². The second kappa shape index (κ2) is 7.93. The molecule has 2 N–H and O–H groups in total. The molecule has 0 aliphatic rings. The number of aliphatic hydroxyl groups excluding tert-OH is 1. The Morgan fingerprint density at radius 1 is 1.11 bits per heavy atom. The second-order valence-corrected chi connectivity index (χ2v) is 5.12. The van der Waals surface area contributed by atoms with Crippen molar-refractivity contribution in [3.05, 3.63) is 42.0 Å². The first-order valence-electron chi connectivity index (χ1n) is 6.69. The third kappa shape index (κ3) is 4.92. The van der Waals surface area contributed by atoms with Gasteiger partial charge in [-0.05, 0) is 36.3 Å². The maximum Gasteiger partial charge on any atom is 0.119 e. The summed E-state index contributed by atoms with van der Waals surface area (Å²) in [5.41, 5.74) is 1.01. The summed E-state index contributed by atoms with van der Waals surface area (Å²) in [6, 6.07) is 7.55. The van der Waals surface area contributed by atoms with Crippen molar-refractivity contribution in [2.24, 2.45) is 5.92 Å². The summed E-state index contributed by atoms with van der Waals surface area (Å²) in [6.07, 6.45) is 6.83. The highest BCUT2D eigenvalue weighted by atomic mass is 16.3. The number of benzene rings is 1. The third-order valence-electron chi connectivity index (χ3n) is 3.16. The van der Waals surface area contributed by atoms with Gasteiger partial charge < -0.3 is 10.2 Å². The van der Waals surface area contributed by atoms with Crippen LogP contribution in [0.3, 0.4) is 0 Å². The van der Waals surface area contributed by atoms with E-state index in [2.05, 4.69) is 13.8 Å². The number of hydrogen-bond donors (Lipinski definition) is 2. The molecule has 1 rings (SSSR count). The lowest BCUT2D eigenvalue weighted by Crippen LogP contribution is -2.01. The Hall–Kier alpha value is -1.28. The lowest BCUT2D eigenvalue weighted by Gasteiger charge is -2.18. The van der Waals surface area contributed by atoms with Gasteiger partial charge in [0.25, 0.3) is 0 Å². The molecule has 100 valence electrons. The zero-order valence-corrected chi connectivity index (χ0v) is 11.3. The molecule has 1 unspecified atom stereocenters. The molecule has 0 radical (unpaired) electrons. The summed E-state index contributed by atoms with van der Waals surface area (Å²) in [6.45, 7) is 4.51. The van der Waals surface area contributed by atoms with Crippen LogP contribution in [0, 0.1) is 5.92 Å². The number of rotatable bonds is 7. The first-order valence-corrected chi connectivity index (χ1v) is 6.69. The fraction of sp³-hybridized carbons (Fsp3) is 0.500. The predicted octanol–water partition coefficient (Wildman–Crippen LogP) is 3.85. The lowest BCUT2D eigenvalue weighted by molar-refractivity contribution is 0.342. The standard InChI is InChI=1S/C16H24O2/c1-13(2)10-11-14(7-5-6-12-17)15-8-3-4-9-16(15)18/h3-6,8-9,13-14,17-18H,7,10-12H2,1-2H3/b6-5-. The van der Waals surface area contributed by atoms with Gasteiger partial charge in [-0.3, -0.25) is 0 Å². The Labute approximate surface area is 110 Å². The third-order valence-corrected chi connectivity index (χ3v) is 3.16. The SMILES string of the molecule is CC(C)CCC(C/C=C\CO)c1ccccc1O. The van der Waals surface area contributed by atoms with E-state index in [0.717, 1.165) is 24.8 Å². The quantitative estimate of drug-likeness (QED) is 0.719. The lowest BCUT2D eigenvalue weighted by atomic mass is 9.88. The molecular formula is C16H24O2. The van der Waals surface area contributed by atoms with Crippen LogP contribution in [0.1, 0.15) is 44.6 Å². The molecule has 0 aliphatic carbocycles. The summed E-state index contributed by atoms with van der Waals surface area (Å²) >= 11 is 0. The van der Waals surface area contributed by atoms with Crippen LogP contribution < -0.4 is 0 Å². The van der Waals surface area contributed by atoms with Gasteiger partial charge >= 0.3 is 0 Å². The molecule has 2 heteroatoms. The van der Waals surface area contributed by atoms with Gasteiger partial charge in [0.15, 0.2) is 0 Å². The highest BCUT2D eigenvalue weighted by Crippen LogP contribution is 2.32. The highest BCUT2D eigenvalue weighted by molar-refractivity contribution is 5.35. The van der Waals surface area contributed by atoms with Gasteiger partial charge in [0.1, 0.15) is 5.75 Å². The number of aromatic hydroxyl groups is 1. The van der Waals surface area contributed by atoms with Crippen LogP contribution in [0.25, 0.3) is 0 Å². The van der Waals surface area contributed by atoms with E-state index in [1.165, 1.54) is 0 Å². The van der Waals surface area contributed by atoms with E-state index in [1.807, 2.05) is 24.3 Å². The summed E-state index contributed by atoms with van der Waals surface area (Å²) in [5, 5.41) is 18.7. The largest absolute Gasteiger partial charge is 0.508 e. The molecule has 0 fully saturated rings. The van der Waals surface area contributed by atoms with Crippen molar-refractivity contribution in [2.45, 2.75) is 39.0 Å². The average Bonchev–Trinajstić information content (AvgIpc) is 2.34. The van der Waals surface area contributed by atoms with Crippen molar-refractivity contribution in [3.8, 4) is 5.75 Å². The first-order chi connectivity index (χ1) is 8.65. The van der Waals surface area contributed by atoms with E-state index in [9.17, 15) is 5.11 Å². The van der Waals surface area contributed by atoms with Crippen LogP contribution in [0.15, 0.2) is 36.4 Å². The maximum absolute atomic E-state index is 9.93. The zero-order valence-electron chi connectivity index (χ0n) is 11.3. The van der Waals surface area contributed by atoms with E-state index in [-0.39, 0.29) is 6.61 Å². The van der Waals surface area contributed by atoms with Gasteiger partial charge in [-0.15, -0.1) is 0 Å². The molecular weight excluding hydrogens is 224 g/mol. The van der Waals surface area contributed by atoms with Crippen LogP contribution in [-0.4, -0.2) is 16.8 Å². The Kier molecular flexibility index (Phi) is 6.51. The van der Waals surface area contributed by atoms with Crippen molar-refractivity contribution in [3.63, 3.8) is 0 Å². The average molecular weight is 248 g/mol. The van der Waals surface area contributed by atoms with Crippen LogP contribution >= 0.6 is 0 Å². The van der Waals surface area contributed by atoms with Crippen LogP contribution in [0.4, 0.5) is 0 Å². The molecule has 18 heavy (non-hydrogen) atoms. The molecule has 0 amide bonds. The highest BCUT2D eigenvalue weighted by Gasteiger charge is 2.14. The molecule has 0 saturated heterocycles. The van der Waals surface area contributed by atoms with E-state index in [4.69, 9.17) is 5.11 Å². The molecule has 0 heterocycles. The monoisotopic (exact) mass is 248 g/mol. The molecule has 1 atom stereocenters. The van der Waals surface area contributed by atoms with Crippen LogP contribution in [0.5, 0.6) is 5.75 Å². The Morgan fingerprint density at radius 3 is 2.44 bits per heavy atom. The molecule has 0 spiro atoms. The number of phenolic OH excluding ortho intramolecular Hbond substituents is 1. The van der Waals surface area contributed by atoms with Gasteiger partial charge in [-0.25, -0.2) is 0 Å². The smallest absolute Gasteiger partial charge is 0.119 e. The number of phenols is 1. The summed E-state index contributed by atoms with van der Waals surface area (Å²) in [5.74, 6) is 1.38. The maximum atomic E-state index is 9.93. The van der Waals surface area contributed by atoms with E-state index in [0.29, 0.717) is 17.6 Å². The van der Waals surface area contributed by atoms with Crippen LogP contribution in [0.2, 0.25) is 0 Å². The Balaban J connectivity index is 2.76. The molecule has 0 aromatic heterocycles. The molecule has 0 saturated carbocycles. The van der Waals surface area contributed by atoms with Gasteiger partial charge in [-0.1, -0.05) is 50.6 Å². The minimum Gasteiger partial charge on any atom is -0.508 e. The first kappa shape index (κ1) is 14.8. The van der Waals surface area contributed by atoms with E-state index >= 15 is 0 Å². The van der Waals surface area contributed by atoms with Gasteiger partial charge in [0.2, 0.25) is 0 Å². The molecule has 1 aromatic rings. The van der Waals surface area contributed by atoms with E-state index in [1.54, 1.807) is 12.1 Å². The van der Waals surface area contributed by atoms with Crippen molar-refractivity contribution in [1.29, 1.82) is 0 Å². The number of para-hydroxylation sites is 1. The molecule has 1 aromatic carbocycles. The summed E-state index contributed by atoms with van der Waals surface area (Å²) < 4.78 is 0. The van der Waals surface area contributed by atoms with Crippen molar-refractivity contribution < 1.29 is 10.2 Å². The number of allylic oxidation sites excluding steroid dienone is 1. The van der Waals surface area contributed by atoms with E-state index < -0.39 is 0 Å². The second-order valence-electron chi connectivity index (χ2n) is 5.12. The summed E-state index contributed by atoms with van der Waals surface area (Å²) in [7, 11) is 0. The minimum absolute atomic E-state index is 0.0810.